The number of halogens is 3. The lowest BCUT2D eigenvalue weighted by atomic mass is 9.89. The zero-order chi connectivity index (χ0) is 25.2. The number of rotatable bonds is 7. The lowest BCUT2D eigenvalue weighted by molar-refractivity contribution is -0.148. The van der Waals surface area contributed by atoms with Crippen LogP contribution in [-0.2, 0) is 11.0 Å². The van der Waals surface area contributed by atoms with Crippen molar-refractivity contribution in [1.29, 1.82) is 0 Å². The van der Waals surface area contributed by atoms with Gasteiger partial charge in [0.1, 0.15) is 24.7 Å². The summed E-state index contributed by atoms with van der Waals surface area (Å²) in [6, 6.07) is 10.5. The number of alkyl halides is 3. The van der Waals surface area contributed by atoms with E-state index in [1.54, 1.807) is 32.0 Å². The maximum atomic E-state index is 13.2. The second-order valence-corrected chi connectivity index (χ2v) is 9.81. The number of carbonyl (C=O) groups is 1. The highest BCUT2D eigenvalue weighted by molar-refractivity contribution is 5.87. The summed E-state index contributed by atoms with van der Waals surface area (Å²) < 4.78 is 51.4. The first-order chi connectivity index (χ1) is 16.5. The first-order valence-corrected chi connectivity index (χ1v) is 11.8. The van der Waals surface area contributed by atoms with Crippen LogP contribution in [0.2, 0.25) is 0 Å². The van der Waals surface area contributed by atoms with Crippen molar-refractivity contribution >= 4 is 11.5 Å². The highest BCUT2D eigenvalue weighted by Gasteiger charge is 2.31. The number of aliphatic carboxylic acids is 1. The molecule has 2 heterocycles. The summed E-state index contributed by atoms with van der Waals surface area (Å²) in [6.07, 6.45) is -0.960. The van der Waals surface area contributed by atoms with E-state index in [1.165, 1.54) is 18.6 Å². The number of ether oxygens (including phenoxy) is 2. The molecule has 0 aliphatic carbocycles. The van der Waals surface area contributed by atoms with Gasteiger partial charge in [-0.1, -0.05) is 18.6 Å². The van der Waals surface area contributed by atoms with Crippen molar-refractivity contribution in [3.8, 4) is 11.5 Å². The van der Waals surface area contributed by atoms with Crippen LogP contribution in [0.3, 0.4) is 0 Å². The lowest BCUT2D eigenvalue weighted by Crippen LogP contribution is -2.33. The standard InChI is InChI=1S/C27H30F3NO4/c1-26(2,25(32)33)17-35-21-10-11-23-22(14-21)24(18-6-8-20(9-7-18)27(28,29)30)19(16-34-23)15-31-12-4-3-5-13-31/h6-11,14H,3-5,12-13,15-17H2,1-2H3,(H,32,33). The Bertz CT molecular complexity index is 1100. The van der Waals surface area contributed by atoms with E-state index in [9.17, 15) is 23.1 Å². The normalized spacial score (nSPS) is 17.1. The summed E-state index contributed by atoms with van der Waals surface area (Å²) in [5.74, 6) is 0.130. The average Bonchev–Trinajstić information content (AvgIpc) is 2.82. The van der Waals surface area contributed by atoms with Gasteiger partial charge in [-0.05, 0) is 86.8 Å². The van der Waals surface area contributed by atoms with Crippen LogP contribution in [0.4, 0.5) is 13.2 Å². The minimum Gasteiger partial charge on any atom is -0.492 e. The van der Waals surface area contributed by atoms with Crippen molar-refractivity contribution in [3.63, 3.8) is 0 Å². The van der Waals surface area contributed by atoms with E-state index in [2.05, 4.69) is 4.90 Å². The first kappa shape index (κ1) is 25.1. The molecule has 8 heteroatoms. The minimum atomic E-state index is -4.41. The number of nitrogens with zero attached hydrogens (tertiary/aromatic N) is 1. The summed E-state index contributed by atoms with van der Waals surface area (Å²) in [5, 5.41) is 9.38. The van der Waals surface area contributed by atoms with Crippen LogP contribution in [0, 0.1) is 5.41 Å². The van der Waals surface area contributed by atoms with Gasteiger partial charge in [0.15, 0.2) is 0 Å². The van der Waals surface area contributed by atoms with Gasteiger partial charge >= 0.3 is 12.1 Å². The van der Waals surface area contributed by atoms with Gasteiger partial charge in [-0.2, -0.15) is 13.2 Å². The zero-order valence-corrected chi connectivity index (χ0v) is 20.0. The van der Waals surface area contributed by atoms with E-state index in [0.717, 1.165) is 54.8 Å². The predicted molar refractivity (Wildman–Crippen MR) is 127 cm³/mol. The highest BCUT2D eigenvalue weighted by atomic mass is 19.4. The molecule has 2 aliphatic rings. The Morgan fingerprint density at radius 3 is 2.37 bits per heavy atom. The van der Waals surface area contributed by atoms with Gasteiger partial charge in [0.2, 0.25) is 0 Å². The number of hydrogen-bond donors (Lipinski definition) is 1. The molecule has 35 heavy (non-hydrogen) atoms. The van der Waals surface area contributed by atoms with Crippen LogP contribution in [0.1, 0.15) is 49.8 Å². The van der Waals surface area contributed by atoms with Crippen LogP contribution in [0.5, 0.6) is 11.5 Å². The second-order valence-electron chi connectivity index (χ2n) is 9.81. The molecule has 0 saturated carbocycles. The molecule has 0 spiro atoms. The molecule has 0 unspecified atom stereocenters. The minimum absolute atomic E-state index is 0.0259. The Labute approximate surface area is 203 Å². The molecule has 1 saturated heterocycles. The van der Waals surface area contributed by atoms with Crippen molar-refractivity contribution in [2.24, 2.45) is 5.41 Å². The summed E-state index contributed by atoms with van der Waals surface area (Å²) in [5.41, 5.74) is 1.49. The molecule has 0 amide bonds. The van der Waals surface area contributed by atoms with Gasteiger partial charge in [-0.3, -0.25) is 9.69 Å². The van der Waals surface area contributed by atoms with E-state index in [1.807, 2.05) is 0 Å². The van der Waals surface area contributed by atoms with Crippen molar-refractivity contribution in [2.45, 2.75) is 39.3 Å². The zero-order valence-electron chi connectivity index (χ0n) is 20.0. The van der Waals surface area contributed by atoms with Crippen LogP contribution in [-0.4, -0.2) is 48.8 Å². The molecule has 5 nitrogen and oxygen atoms in total. The maximum Gasteiger partial charge on any atom is 0.416 e. The molecular weight excluding hydrogens is 459 g/mol. The molecule has 2 aliphatic heterocycles. The van der Waals surface area contributed by atoms with Crippen LogP contribution in [0.15, 0.2) is 48.0 Å². The third-order valence-corrected chi connectivity index (χ3v) is 6.52. The monoisotopic (exact) mass is 489 g/mol. The molecule has 2 aromatic carbocycles. The van der Waals surface area contributed by atoms with E-state index < -0.39 is 23.1 Å². The Morgan fingerprint density at radius 1 is 1.06 bits per heavy atom. The molecule has 2 aromatic rings. The summed E-state index contributed by atoms with van der Waals surface area (Å²) in [4.78, 5) is 13.8. The predicted octanol–water partition coefficient (Wildman–Crippen LogP) is 5.88. The maximum absolute atomic E-state index is 13.2. The van der Waals surface area contributed by atoms with Gasteiger partial charge in [0.25, 0.3) is 0 Å². The molecule has 0 bridgehead atoms. The van der Waals surface area contributed by atoms with E-state index >= 15 is 0 Å². The number of carboxylic acids is 1. The summed E-state index contributed by atoms with van der Waals surface area (Å²) >= 11 is 0. The molecule has 0 aromatic heterocycles. The summed E-state index contributed by atoms with van der Waals surface area (Å²) in [6.45, 7) is 6.12. The molecule has 0 radical (unpaired) electrons. The number of likely N-dealkylation sites (tertiary alicyclic amines) is 1. The van der Waals surface area contributed by atoms with Crippen molar-refractivity contribution < 1.29 is 32.5 Å². The lowest BCUT2D eigenvalue weighted by Gasteiger charge is -2.31. The fraction of sp³-hybridized carbons (Fsp3) is 0.444. The second kappa shape index (κ2) is 9.93. The number of fused-ring (bicyclic) bond motifs is 1. The molecular formula is C27H30F3NO4. The van der Waals surface area contributed by atoms with Gasteiger partial charge in [0, 0.05) is 12.1 Å². The quantitative estimate of drug-likeness (QED) is 0.527. The fourth-order valence-electron chi connectivity index (χ4n) is 4.37. The third kappa shape index (κ3) is 5.81. The van der Waals surface area contributed by atoms with Gasteiger partial charge in [0.05, 0.1) is 11.0 Å². The molecule has 4 rings (SSSR count). The largest absolute Gasteiger partial charge is 0.492 e. The van der Waals surface area contributed by atoms with Crippen molar-refractivity contribution in [3.05, 3.63) is 64.7 Å². The van der Waals surface area contributed by atoms with Crippen molar-refractivity contribution in [1.82, 2.24) is 4.90 Å². The van der Waals surface area contributed by atoms with Crippen LogP contribution < -0.4 is 9.47 Å². The molecule has 1 fully saturated rings. The Hall–Kier alpha value is -3.00. The van der Waals surface area contributed by atoms with Crippen LogP contribution in [0.25, 0.3) is 5.57 Å². The Balaban J connectivity index is 1.72. The number of carboxylic acid groups (broad SMARTS) is 1. The highest BCUT2D eigenvalue weighted by Crippen LogP contribution is 2.41. The Morgan fingerprint density at radius 2 is 1.74 bits per heavy atom. The van der Waals surface area contributed by atoms with Crippen LogP contribution >= 0.6 is 0 Å². The number of piperidine rings is 1. The molecule has 0 atom stereocenters. The number of benzene rings is 2. The first-order valence-electron chi connectivity index (χ1n) is 11.8. The Kier molecular flexibility index (Phi) is 7.12. The SMILES string of the molecule is CC(C)(COc1ccc2c(c1)C(c1ccc(C(F)(F)F)cc1)=C(CN1CCCCC1)CO2)C(=O)O. The molecule has 188 valence electrons. The smallest absolute Gasteiger partial charge is 0.416 e. The number of hydrogen-bond acceptors (Lipinski definition) is 4. The molecule has 1 N–H and O–H groups in total. The van der Waals surface area contributed by atoms with E-state index in [-0.39, 0.29) is 6.61 Å². The fourth-order valence-corrected chi connectivity index (χ4v) is 4.37. The van der Waals surface area contributed by atoms with Crippen molar-refractivity contribution in [2.75, 3.05) is 32.8 Å². The van der Waals surface area contributed by atoms with E-state index in [0.29, 0.717) is 30.2 Å². The average molecular weight is 490 g/mol. The topological polar surface area (TPSA) is 59.0 Å². The van der Waals surface area contributed by atoms with E-state index in [4.69, 9.17) is 9.47 Å². The van der Waals surface area contributed by atoms with Gasteiger partial charge in [-0.25, -0.2) is 0 Å². The van der Waals surface area contributed by atoms with Gasteiger partial charge < -0.3 is 14.6 Å². The third-order valence-electron chi connectivity index (χ3n) is 6.52. The van der Waals surface area contributed by atoms with Gasteiger partial charge in [-0.15, -0.1) is 0 Å². The summed E-state index contributed by atoms with van der Waals surface area (Å²) in [7, 11) is 0.